The van der Waals surface area contributed by atoms with Crippen LogP contribution >= 0.6 is 34.4 Å². The van der Waals surface area contributed by atoms with E-state index in [1.807, 2.05) is 0 Å². The molecule has 0 radical (unpaired) electrons. The molecular weight excluding hydrogens is 335 g/mol. The third kappa shape index (κ3) is 4.08. The number of nitrogens with one attached hydrogen (secondary N) is 1. The van der Waals surface area contributed by atoms with Gasteiger partial charge in [-0.2, -0.15) is 11.8 Å². The first-order valence-corrected chi connectivity index (χ1v) is 7.63. The van der Waals surface area contributed by atoms with Gasteiger partial charge in [-0.25, -0.2) is 4.98 Å². The molecule has 0 aliphatic heterocycles. The van der Waals surface area contributed by atoms with E-state index in [0.717, 1.165) is 33.0 Å². The van der Waals surface area contributed by atoms with Gasteiger partial charge in [-0.05, 0) is 40.7 Å². The molecule has 16 heavy (non-hydrogen) atoms. The first kappa shape index (κ1) is 14.0. The van der Waals surface area contributed by atoms with E-state index in [-0.39, 0.29) is 5.56 Å². The zero-order valence-electron chi connectivity index (χ0n) is 9.84. The van der Waals surface area contributed by atoms with Crippen molar-refractivity contribution in [2.75, 3.05) is 5.75 Å². The summed E-state index contributed by atoms with van der Waals surface area (Å²) in [5.74, 6) is 3.14. The van der Waals surface area contributed by atoms with Gasteiger partial charge >= 0.3 is 0 Å². The molecule has 0 saturated carbocycles. The molecular formula is C11H17IN2OS. The quantitative estimate of drug-likeness (QED) is 0.829. The summed E-state index contributed by atoms with van der Waals surface area (Å²) in [4.78, 5) is 19.0. The summed E-state index contributed by atoms with van der Waals surface area (Å²) in [6, 6.07) is 0. The molecule has 0 bridgehead atoms. The molecule has 0 aliphatic rings. The van der Waals surface area contributed by atoms with Crippen LogP contribution in [0.3, 0.4) is 0 Å². The van der Waals surface area contributed by atoms with Crippen molar-refractivity contribution in [2.45, 2.75) is 32.9 Å². The van der Waals surface area contributed by atoms with Crippen LogP contribution < -0.4 is 5.56 Å². The topological polar surface area (TPSA) is 45.8 Å². The lowest BCUT2D eigenvalue weighted by atomic mass is 10.1. The fourth-order valence-corrected chi connectivity index (χ4v) is 2.36. The molecule has 0 amide bonds. The van der Waals surface area contributed by atoms with Crippen molar-refractivity contribution in [3.63, 3.8) is 0 Å². The smallest absolute Gasteiger partial charge is 0.264 e. The largest absolute Gasteiger partial charge is 0.309 e. The Morgan fingerprint density at radius 2 is 2.19 bits per heavy atom. The van der Waals surface area contributed by atoms with Gasteiger partial charge in [0.2, 0.25) is 0 Å². The fourth-order valence-electron chi connectivity index (χ4n) is 1.35. The van der Waals surface area contributed by atoms with Crippen LogP contribution in [0, 0.1) is 9.49 Å². The van der Waals surface area contributed by atoms with Gasteiger partial charge in [0.15, 0.2) is 0 Å². The van der Waals surface area contributed by atoms with Crippen LogP contribution in [0.25, 0.3) is 0 Å². The lowest BCUT2D eigenvalue weighted by molar-refractivity contribution is 0.627. The molecule has 0 aromatic carbocycles. The fraction of sp³-hybridized carbons (Fsp3) is 0.636. The summed E-state index contributed by atoms with van der Waals surface area (Å²) in [6.45, 7) is 6.38. The molecule has 0 fully saturated rings. The van der Waals surface area contributed by atoms with Crippen LogP contribution in [-0.2, 0) is 12.2 Å². The highest BCUT2D eigenvalue weighted by atomic mass is 127. The highest BCUT2D eigenvalue weighted by molar-refractivity contribution is 14.1. The molecule has 0 atom stereocenters. The highest BCUT2D eigenvalue weighted by Gasteiger charge is 2.10. The minimum absolute atomic E-state index is 0.00190. The second-order valence-corrected chi connectivity index (χ2v) is 6.36. The van der Waals surface area contributed by atoms with E-state index in [9.17, 15) is 4.79 Å². The Balaban J connectivity index is 2.97. The van der Waals surface area contributed by atoms with Gasteiger partial charge in [-0.15, -0.1) is 0 Å². The molecule has 1 heterocycles. The lowest BCUT2D eigenvalue weighted by Gasteiger charge is -2.08. The number of thioether (sulfide) groups is 1. The van der Waals surface area contributed by atoms with Crippen LogP contribution in [0.15, 0.2) is 4.79 Å². The summed E-state index contributed by atoms with van der Waals surface area (Å²) in [5.41, 5.74) is 0.934. The number of hydrogen-bond acceptors (Lipinski definition) is 3. The van der Waals surface area contributed by atoms with Gasteiger partial charge in [-0.1, -0.05) is 20.8 Å². The average molecular weight is 352 g/mol. The predicted molar refractivity (Wildman–Crippen MR) is 78.0 cm³/mol. The van der Waals surface area contributed by atoms with Crippen molar-refractivity contribution < 1.29 is 0 Å². The van der Waals surface area contributed by atoms with Gasteiger partial charge in [0.25, 0.3) is 5.56 Å². The van der Waals surface area contributed by atoms with Crippen molar-refractivity contribution in [1.82, 2.24) is 9.97 Å². The summed E-state index contributed by atoms with van der Waals surface area (Å²) in [6.07, 6.45) is 0.867. The Kier molecular flexibility index (Phi) is 5.82. The van der Waals surface area contributed by atoms with E-state index in [0.29, 0.717) is 5.92 Å². The normalized spacial score (nSPS) is 11.1. The van der Waals surface area contributed by atoms with Crippen molar-refractivity contribution in [1.29, 1.82) is 0 Å². The van der Waals surface area contributed by atoms with Gasteiger partial charge in [0, 0.05) is 0 Å². The van der Waals surface area contributed by atoms with E-state index in [1.54, 1.807) is 11.8 Å². The zero-order chi connectivity index (χ0) is 12.1. The summed E-state index contributed by atoms with van der Waals surface area (Å²) in [7, 11) is 0. The van der Waals surface area contributed by atoms with E-state index in [2.05, 4.69) is 53.3 Å². The molecule has 3 nitrogen and oxygen atoms in total. The van der Waals surface area contributed by atoms with Crippen LogP contribution in [0.4, 0.5) is 0 Å². The lowest BCUT2D eigenvalue weighted by Crippen LogP contribution is -2.18. The molecule has 1 N–H and O–H groups in total. The summed E-state index contributed by atoms with van der Waals surface area (Å²) in [5, 5.41) is 0. The number of aromatic nitrogens is 2. The second kappa shape index (κ2) is 6.64. The zero-order valence-corrected chi connectivity index (χ0v) is 12.8. The molecule has 5 heteroatoms. The number of aromatic amines is 1. The van der Waals surface area contributed by atoms with Gasteiger partial charge in [0.05, 0.1) is 15.0 Å². The Hall–Kier alpha value is -0.0400. The molecule has 0 spiro atoms. The molecule has 0 saturated heterocycles. The van der Waals surface area contributed by atoms with Crippen LogP contribution in [0.5, 0.6) is 0 Å². The maximum atomic E-state index is 11.7. The highest BCUT2D eigenvalue weighted by Crippen LogP contribution is 2.13. The van der Waals surface area contributed by atoms with Gasteiger partial charge in [0.1, 0.15) is 5.82 Å². The van der Waals surface area contributed by atoms with E-state index >= 15 is 0 Å². The third-order valence-corrected chi connectivity index (χ3v) is 4.02. The third-order valence-electron chi connectivity index (χ3n) is 2.02. The van der Waals surface area contributed by atoms with E-state index in [1.165, 1.54) is 0 Å². The average Bonchev–Trinajstić information content (AvgIpc) is 2.21. The number of rotatable bonds is 5. The standard InChI is InChI=1S/C11H17IN2OS/c1-4-16-6-9-13-8(5-7(2)3)10(12)11(15)14-9/h7H,4-6H2,1-3H3,(H,13,14,15). The maximum Gasteiger partial charge on any atom is 0.264 e. The van der Waals surface area contributed by atoms with Crippen molar-refractivity contribution in [3.8, 4) is 0 Å². The molecule has 1 aromatic rings. The van der Waals surface area contributed by atoms with Crippen molar-refractivity contribution in [3.05, 3.63) is 25.4 Å². The van der Waals surface area contributed by atoms with Crippen LogP contribution in [0.1, 0.15) is 32.3 Å². The Bertz CT molecular complexity index is 403. The van der Waals surface area contributed by atoms with Gasteiger partial charge in [-0.3, -0.25) is 4.79 Å². The summed E-state index contributed by atoms with van der Waals surface area (Å²) >= 11 is 3.85. The summed E-state index contributed by atoms with van der Waals surface area (Å²) < 4.78 is 0.733. The number of nitrogens with zero attached hydrogens (tertiary/aromatic N) is 1. The van der Waals surface area contributed by atoms with Gasteiger partial charge < -0.3 is 4.98 Å². The first-order chi connectivity index (χ1) is 7.54. The number of halogens is 1. The SMILES string of the molecule is CCSCc1nc(CC(C)C)c(I)c(=O)[nH]1. The molecule has 0 aliphatic carbocycles. The Labute approximate surface area is 114 Å². The first-order valence-electron chi connectivity index (χ1n) is 5.39. The number of H-pyrrole nitrogens is 1. The predicted octanol–water partition coefficient (Wildman–Crippen LogP) is 2.83. The molecule has 0 unspecified atom stereocenters. The van der Waals surface area contributed by atoms with Crippen LogP contribution in [-0.4, -0.2) is 15.7 Å². The minimum atomic E-state index is -0.00190. The second-order valence-electron chi connectivity index (χ2n) is 4.01. The van der Waals surface area contributed by atoms with Crippen molar-refractivity contribution in [2.24, 2.45) is 5.92 Å². The number of hydrogen-bond donors (Lipinski definition) is 1. The molecule has 1 aromatic heterocycles. The van der Waals surface area contributed by atoms with E-state index < -0.39 is 0 Å². The maximum absolute atomic E-state index is 11.7. The van der Waals surface area contributed by atoms with Crippen LogP contribution in [0.2, 0.25) is 0 Å². The molecule has 1 rings (SSSR count). The minimum Gasteiger partial charge on any atom is -0.309 e. The Morgan fingerprint density at radius 3 is 2.75 bits per heavy atom. The van der Waals surface area contributed by atoms with E-state index in [4.69, 9.17) is 0 Å². The molecule has 90 valence electrons. The van der Waals surface area contributed by atoms with Crippen molar-refractivity contribution >= 4 is 34.4 Å². The monoisotopic (exact) mass is 352 g/mol. The Morgan fingerprint density at radius 1 is 1.50 bits per heavy atom.